The highest BCUT2D eigenvalue weighted by Crippen LogP contribution is 2.37. The van der Waals surface area contributed by atoms with Crippen LogP contribution in [0.5, 0.6) is 11.5 Å². The van der Waals surface area contributed by atoms with Crippen molar-refractivity contribution in [2.45, 2.75) is 31.3 Å². The number of hydrogen-bond acceptors (Lipinski definition) is 6. The molecular weight excluding hydrogens is 432 g/mol. The van der Waals surface area contributed by atoms with Crippen LogP contribution in [0.4, 0.5) is 5.69 Å². The number of carbonyl (C=O) groups is 1. The summed E-state index contributed by atoms with van der Waals surface area (Å²) < 4.78 is 39.3. The smallest absolute Gasteiger partial charge is 0.262 e. The van der Waals surface area contributed by atoms with E-state index in [1.54, 1.807) is 16.7 Å². The molecule has 1 aromatic carbocycles. The van der Waals surface area contributed by atoms with Crippen molar-refractivity contribution in [3.8, 4) is 11.5 Å². The van der Waals surface area contributed by atoms with Gasteiger partial charge in [0.25, 0.3) is 10.0 Å². The molecule has 2 heterocycles. The number of aromatic nitrogens is 2. The molecule has 1 aliphatic heterocycles. The van der Waals surface area contributed by atoms with E-state index in [2.05, 4.69) is 10.3 Å². The number of sulfonamides is 1. The fourth-order valence-corrected chi connectivity index (χ4v) is 5.04. The van der Waals surface area contributed by atoms with Crippen molar-refractivity contribution in [2.24, 2.45) is 5.92 Å². The first-order chi connectivity index (χ1) is 14.3. The molecule has 3 rings (SSSR count). The van der Waals surface area contributed by atoms with E-state index in [1.807, 2.05) is 6.92 Å². The minimum atomic E-state index is -3.77. The third kappa shape index (κ3) is 4.55. The third-order valence-corrected chi connectivity index (χ3v) is 7.11. The van der Waals surface area contributed by atoms with Crippen molar-refractivity contribution >= 4 is 33.2 Å². The maximum atomic E-state index is 12.9. The molecular formula is C19H25ClN4O5S. The highest BCUT2D eigenvalue weighted by molar-refractivity contribution is 7.89. The highest BCUT2D eigenvalue weighted by atomic mass is 35.5. The lowest BCUT2D eigenvalue weighted by atomic mass is 9.98. The molecule has 1 saturated heterocycles. The summed E-state index contributed by atoms with van der Waals surface area (Å²) in [6.07, 6.45) is 4.12. The lowest BCUT2D eigenvalue weighted by molar-refractivity contribution is -0.120. The number of imidazole rings is 1. The van der Waals surface area contributed by atoms with Gasteiger partial charge in [0.15, 0.2) is 5.03 Å². The van der Waals surface area contributed by atoms with Crippen molar-refractivity contribution in [3.05, 3.63) is 29.7 Å². The molecule has 2 aromatic rings. The summed E-state index contributed by atoms with van der Waals surface area (Å²) in [4.78, 5) is 16.9. The summed E-state index contributed by atoms with van der Waals surface area (Å²) in [6, 6.07) is 3.19. The van der Waals surface area contributed by atoms with Crippen LogP contribution in [-0.2, 0) is 21.4 Å². The standard InChI is InChI=1S/C19H25ClN4O5S/c1-4-23-11-17(21-12-23)30(26,27)24-7-5-6-13(10-24)19(25)22-18-15(20)8-14(28-2)9-16(18)29-3/h8-9,11-13H,4-7,10H2,1-3H3,(H,22,25)/t13-/m0/s1. The first-order valence-corrected chi connectivity index (χ1v) is 11.4. The van der Waals surface area contributed by atoms with Crippen LogP contribution < -0.4 is 14.8 Å². The number of piperidine rings is 1. The first kappa shape index (κ1) is 22.4. The molecule has 164 valence electrons. The number of rotatable bonds is 7. The van der Waals surface area contributed by atoms with Crippen LogP contribution in [0.25, 0.3) is 0 Å². The van der Waals surface area contributed by atoms with Crippen LogP contribution in [0.1, 0.15) is 19.8 Å². The Morgan fingerprint density at radius 1 is 1.33 bits per heavy atom. The molecule has 1 N–H and O–H groups in total. The number of ether oxygens (including phenoxy) is 2. The van der Waals surface area contributed by atoms with Gasteiger partial charge < -0.3 is 19.4 Å². The number of benzene rings is 1. The second-order valence-electron chi connectivity index (χ2n) is 6.92. The average molecular weight is 457 g/mol. The normalized spacial score (nSPS) is 17.5. The molecule has 1 aliphatic rings. The molecule has 0 aliphatic carbocycles. The summed E-state index contributed by atoms with van der Waals surface area (Å²) in [5.74, 6) is 0.0124. The largest absolute Gasteiger partial charge is 0.497 e. The minimum Gasteiger partial charge on any atom is -0.497 e. The van der Waals surface area contributed by atoms with Gasteiger partial charge >= 0.3 is 0 Å². The van der Waals surface area contributed by atoms with Crippen molar-refractivity contribution in [1.29, 1.82) is 0 Å². The zero-order valence-corrected chi connectivity index (χ0v) is 18.7. The van der Waals surface area contributed by atoms with Crippen LogP contribution in [0, 0.1) is 5.92 Å². The van der Waals surface area contributed by atoms with E-state index in [0.29, 0.717) is 43.1 Å². The molecule has 0 spiro atoms. The number of carbonyl (C=O) groups excluding carboxylic acids is 1. The number of anilines is 1. The molecule has 0 radical (unpaired) electrons. The Hall–Kier alpha value is -2.30. The zero-order valence-electron chi connectivity index (χ0n) is 17.1. The van der Waals surface area contributed by atoms with Crippen molar-refractivity contribution < 1.29 is 22.7 Å². The van der Waals surface area contributed by atoms with E-state index in [0.717, 1.165) is 0 Å². The Bertz CT molecular complexity index is 1020. The SMILES string of the molecule is CCn1cnc(S(=O)(=O)N2CCC[C@H](C(=O)Nc3c(Cl)cc(OC)cc3OC)C2)c1. The van der Waals surface area contributed by atoms with Gasteiger partial charge in [0.2, 0.25) is 5.91 Å². The second-order valence-corrected chi connectivity index (χ2v) is 9.21. The van der Waals surface area contributed by atoms with E-state index in [4.69, 9.17) is 21.1 Å². The van der Waals surface area contributed by atoms with Crippen LogP contribution in [0.2, 0.25) is 5.02 Å². The van der Waals surface area contributed by atoms with Gasteiger partial charge in [-0.3, -0.25) is 4.79 Å². The van der Waals surface area contributed by atoms with Gasteiger partial charge in [0.1, 0.15) is 17.2 Å². The van der Waals surface area contributed by atoms with Gasteiger partial charge in [0, 0.05) is 38.0 Å². The maximum absolute atomic E-state index is 12.9. The summed E-state index contributed by atoms with van der Waals surface area (Å²) >= 11 is 6.28. The highest BCUT2D eigenvalue weighted by Gasteiger charge is 2.35. The fourth-order valence-electron chi connectivity index (χ4n) is 3.34. The monoisotopic (exact) mass is 456 g/mol. The Kier molecular flexibility index (Phi) is 6.89. The summed E-state index contributed by atoms with van der Waals surface area (Å²) in [6.45, 7) is 2.94. The minimum absolute atomic E-state index is 0.00900. The number of hydrogen-bond donors (Lipinski definition) is 1. The predicted molar refractivity (Wildman–Crippen MR) is 113 cm³/mol. The molecule has 1 fully saturated rings. The predicted octanol–water partition coefficient (Wildman–Crippen LogP) is 2.61. The number of aryl methyl sites for hydroxylation is 1. The average Bonchev–Trinajstić information content (AvgIpc) is 3.25. The van der Waals surface area contributed by atoms with E-state index in [1.165, 1.54) is 31.0 Å². The van der Waals surface area contributed by atoms with Crippen molar-refractivity contribution in [2.75, 3.05) is 32.6 Å². The Morgan fingerprint density at radius 2 is 2.10 bits per heavy atom. The quantitative estimate of drug-likeness (QED) is 0.687. The Morgan fingerprint density at radius 3 is 2.73 bits per heavy atom. The summed E-state index contributed by atoms with van der Waals surface area (Å²) in [7, 11) is -0.799. The molecule has 0 bridgehead atoms. The molecule has 1 atom stereocenters. The number of nitrogens with zero attached hydrogens (tertiary/aromatic N) is 3. The lowest BCUT2D eigenvalue weighted by Gasteiger charge is -2.30. The Labute approximate surface area is 181 Å². The first-order valence-electron chi connectivity index (χ1n) is 9.54. The van der Waals surface area contributed by atoms with Gasteiger partial charge in [-0.1, -0.05) is 11.6 Å². The van der Waals surface area contributed by atoms with Gasteiger partial charge in [0.05, 0.1) is 31.5 Å². The number of halogens is 1. The lowest BCUT2D eigenvalue weighted by Crippen LogP contribution is -2.43. The molecule has 0 unspecified atom stereocenters. The molecule has 1 amide bonds. The van der Waals surface area contributed by atoms with Gasteiger partial charge in [-0.25, -0.2) is 13.4 Å². The van der Waals surface area contributed by atoms with Crippen LogP contribution in [-0.4, -0.2) is 55.5 Å². The van der Waals surface area contributed by atoms with Crippen molar-refractivity contribution in [1.82, 2.24) is 13.9 Å². The number of methoxy groups -OCH3 is 2. The van der Waals surface area contributed by atoms with E-state index in [9.17, 15) is 13.2 Å². The van der Waals surface area contributed by atoms with Gasteiger partial charge in [-0.15, -0.1) is 0 Å². The summed E-state index contributed by atoms with van der Waals surface area (Å²) in [5, 5.41) is 3.04. The maximum Gasteiger partial charge on any atom is 0.262 e. The van der Waals surface area contributed by atoms with E-state index in [-0.39, 0.29) is 22.5 Å². The van der Waals surface area contributed by atoms with E-state index >= 15 is 0 Å². The summed E-state index contributed by atoms with van der Waals surface area (Å²) in [5.41, 5.74) is 0.326. The molecule has 0 saturated carbocycles. The van der Waals surface area contributed by atoms with Crippen molar-refractivity contribution in [3.63, 3.8) is 0 Å². The zero-order chi connectivity index (χ0) is 21.9. The van der Waals surface area contributed by atoms with Gasteiger partial charge in [-0.05, 0) is 19.8 Å². The number of amides is 1. The molecule has 9 nitrogen and oxygen atoms in total. The Balaban J connectivity index is 1.76. The third-order valence-electron chi connectivity index (χ3n) is 5.07. The molecule has 1 aromatic heterocycles. The van der Waals surface area contributed by atoms with Crippen LogP contribution in [0.15, 0.2) is 29.7 Å². The van der Waals surface area contributed by atoms with E-state index < -0.39 is 15.9 Å². The second kappa shape index (κ2) is 9.23. The van der Waals surface area contributed by atoms with Gasteiger partial charge in [-0.2, -0.15) is 4.31 Å². The molecule has 30 heavy (non-hydrogen) atoms. The number of nitrogens with one attached hydrogen (secondary N) is 1. The molecule has 11 heteroatoms. The van der Waals surface area contributed by atoms with Crippen LogP contribution in [0.3, 0.4) is 0 Å². The topological polar surface area (TPSA) is 103 Å². The van der Waals surface area contributed by atoms with Crippen LogP contribution >= 0.6 is 11.6 Å². The fraction of sp³-hybridized carbons (Fsp3) is 0.474.